The molecule has 2 rings (SSSR count). The molecular formula is C17H27N3O5. The quantitative estimate of drug-likeness (QED) is 0.572. The highest BCUT2D eigenvalue weighted by atomic mass is 16.4. The van der Waals surface area contributed by atoms with Gasteiger partial charge in [0.25, 0.3) is 5.97 Å². The maximum atomic E-state index is 10.1. The molecule has 0 radical (unpaired) electrons. The fourth-order valence-corrected chi connectivity index (χ4v) is 2.02. The smallest absolute Gasteiger partial charge is 0.407 e. The van der Waals surface area contributed by atoms with Gasteiger partial charge in [-0.05, 0) is 50.6 Å². The van der Waals surface area contributed by atoms with Gasteiger partial charge < -0.3 is 30.9 Å². The van der Waals surface area contributed by atoms with Crippen LogP contribution in [0.2, 0.25) is 0 Å². The lowest BCUT2D eigenvalue weighted by Crippen LogP contribution is -2.28. The SMILES string of the molecule is CC(=O)O.CCN(CC)C(=O)O.NCCc1c[nH]c2ccc(O)cc12. The number of carboxylic acid groups (broad SMARTS) is 2. The third-order valence-electron chi connectivity index (χ3n) is 3.20. The zero-order valence-electron chi connectivity index (χ0n) is 14.8. The molecule has 0 fully saturated rings. The number of aliphatic carboxylic acids is 1. The van der Waals surface area contributed by atoms with Crippen molar-refractivity contribution in [3.63, 3.8) is 0 Å². The summed E-state index contributed by atoms with van der Waals surface area (Å²) in [6.07, 6.45) is 1.94. The van der Waals surface area contributed by atoms with Gasteiger partial charge in [-0.25, -0.2) is 4.79 Å². The molecule has 1 aromatic heterocycles. The van der Waals surface area contributed by atoms with Crippen LogP contribution in [-0.2, 0) is 11.2 Å². The van der Waals surface area contributed by atoms with Crippen LogP contribution >= 0.6 is 0 Å². The summed E-state index contributed by atoms with van der Waals surface area (Å²) in [5, 5.41) is 26.1. The number of benzene rings is 1. The van der Waals surface area contributed by atoms with E-state index < -0.39 is 12.1 Å². The average Bonchev–Trinajstić information content (AvgIpc) is 2.91. The zero-order chi connectivity index (χ0) is 19.4. The maximum Gasteiger partial charge on any atom is 0.407 e. The number of aromatic hydroxyl groups is 1. The Hall–Kier alpha value is -2.74. The first-order chi connectivity index (χ1) is 11.8. The molecule has 0 aliphatic rings. The minimum absolute atomic E-state index is 0.297. The van der Waals surface area contributed by atoms with Crippen molar-refractivity contribution in [2.45, 2.75) is 27.2 Å². The van der Waals surface area contributed by atoms with E-state index in [0.29, 0.717) is 25.4 Å². The zero-order valence-corrected chi connectivity index (χ0v) is 14.8. The molecule has 2 aromatic rings. The number of nitrogens with two attached hydrogens (primary N) is 1. The molecule has 6 N–H and O–H groups in total. The number of carboxylic acids is 1. The lowest BCUT2D eigenvalue weighted by molar-refractivity contribution is -0.134. The summed E-state index contributed by atoms with van der Waals surface area (Å²) < 4.78 is 0. The highest BCUT2D eigenvalue weighted by Crippen LogP contribution is 2.22. The van der Waals surface area contributed by atoms with E-state index in [1.807, 2.05) is 26.1 Å². The van der Waals surface area contributed by atoms with Crippen LogP contribution in [0.5, 0.6) is 5.75 Å². The van der Waals surface area contributed by atoms with E-state index in [1.54, 1.807) is 12.1 Å². The molecule has 1 aromatic carbocycles. The number of hydrogen-bond donors (Lipinski definition) is 5. The number of nitrogens with one attached hydrogen (secondary N) is 1. The largest absolute Gasteiger partial charge is 0.508 e. The third-order valence-corrected chi connectivity index (χ3v) is 3.20. The average molecular weight is 353 g/mol. The van der Waals surface area contributed by atoms with Crippen molar-refractivity contribution < 1.29 is 24.9 Å². The normalized spacial score (nSPS) is 9.44. The molecule has 25 heavy (non-hydrogen) atoms. The Morgan fingerprint density at radius 2 is 1.76 bits per heavy atom. The van der Waals surface area contributed by atoms with Crippen molar-refractivity contribution in [3.8, 4) is 5.75 Å². The first kappa shape index (κ1) is 22.3. The Kier molecular flexibility index (Phi) is 10.5. The predicted molar refractivity (Wildman–Crippen MR) is 97.0 cm³/mol. The summed E-state index contributed by atoms with van der Waals surface area (Å²) in [6.45, 7) is 6.50. The summed E-state index contributed by atoms with van der Waals surface area (Å²) >= 11 is 0. The Bertz CT molecular complexity index is 661. The number of amides is 1. The van der Waals surface area contributed by atoms with Crippen molar-refractivity contribution in [1.29, 1.82) is 0 Å². The second-order valence-corrected chi connectivity index (χ2v) is 5.06. The number of fused-ring (bicyclic) bond motifs is 1. The molecule has 0 saturated heterocycles. The van der Waals surface area contributed by atoms with E-state index in [9.17, 15) is 9.90 Å². The molecule has 0 aliphatic heterocycles. The topological polar surface area (TPSA) is 140 Å². The van der Waals surface area contributed by atoms with Crippen molar-refractivity contribution in [2.75, 3.05) is 19.6 Å². The number of phenols is 1. The van der Waals surface area contributed by atoms with Crippen molar-refractivity contribution >= 4 is 23.0 Å². The molecule has 140 valence electrons. The van der Waals surface area contributed by atoms with E-state index in [0.717, 1.165) is 29.8 Å². The molecular weight excluding hydrogens is 326 g/mol. The first-order valence-electron chi connectivity index (χ1n) is 7.93. The fraction of sp³-hybridized carbons (Fsp3) is 0.412. The standard InChI is InChI=1S/C10H12N2O.C5H11NO2.C2H4O2/c11-4-3-7-6-12-10-2-1-8(13)5-9(7)10;1-3-6(4-2)5(7)8;1-2(3)4/h1-2,5-6,12-13H,3-4,11H2;3-4H2,1-2H3,(H,7,8);1H3,(H,3,4). The van der Waals surface area contributed by atoms with E-state index in [4.69, 9.17) is 20.7 Å². The molecule has 0 unspecified atom stereocenters. The monoisotopic (exact) mass is 353 g/mol. The molecule has 0 saturated carbocycles. The second kappa shape index (κ2) is 11.7. The van der Waals surface area contributed by atoms with Crippen LogP contribution in [0.4, 0.5) is 4.79 Å². The fourth-order valence-electron chi connectivity index (χ4n) is 2.02. The van der Waals surface area contributed by atoms with Gasteiger partial charge in [-0.1, -0.05) is 0 Å². The van der Waals surface area contributed by atoms with E-state index in [1.165, 1.54) is 4.90 Å². The number of phenolic OH excluding ortho intramolecular Hbond substituents is 1. The van der Waals surface area contributed by atoms with Crippen molar-refractivity contribution in [2.24, 2.45) is 5.73 Å². The van der Waals surface area contributed by atoms with Crippen molar-refractivity contribution in [1.82, 2.24) is 9.88 Å². The van der Waals surface area contributed by atoms with Crippen LogP contribution in [0.25, 0.3) is 10.9 Å². The molecule has 8 nitrogen and oxygen atoms in total. The maximum absolute atomic E-state index is 10.1. The highest BCUT2D eigenvalue weighted by molar-refractivity contribution is 5.84. The Labute approximate surface area is 146 Å². The highest BCUT2D eigenvalue weighted by Gasteiger charge is 2.03. The number of carbonyl (C=O) groups is 2. The summed E-state index contributed by atoms with van der Waals surface area (Å²) in [7, 11) is 0. The second-order valence-electron chi connectivity index (χ2n) is 5.06. The minimum Gasteiger partial charge on any atom is -0.508 e. The van der Waals surface area contributed by atoms with Gasteiger partial charge in [0.2, 0.25) is 0 Å². The third kappa shape index (κ3) is 8.61. The number of nitrogens with zero attached hydrogens (tertiary/aromatic N) is 1. The van der Waals surface area contributed by atoms with E-state index in [-0.39, 0.29) is 0 Å². The van der Waals surface area contributed by atoms with Crippen LogP contribution in [0.3, 0.4) is 0 Å². The first-order valence-corrected chi connectivity index (χ1v) is 7.93. The van der Waals surface area contributed by atoms with Crippen LogP contribution in [-0.4, -0.2) is 56.9 Å². The predicted octanol–water partition coefficient (Wildman–Crippen LogP) is 2.47. The van der Waals surface area contributed by atoms with Gasteiger partial charge in [0.15, 0.2) is 0 Å². The number of rotatable bonds is 4. The molecule has 8 heteroatoms. The van der Waals surface area contributed by atoms with Gasteiger partial charge in [-0.2, -0.15) is 0 Å². The minimum atomic E-state index is -0.838. The van der Waals surface area contributed by atoms with Gasteiger partial charge in [0, 0.05) is 37.1 Å². The van der Waals surface area contributed by atoms with Gasteiger partial charge >= 0.3 is 6.09 Å². The van der Waals surface area contributed by atoms with Crippen LogP contribution < -0.4 is 5.73 Å². The molecule has 0 bridgehead atoms. The number of hydrogen-bond acceptors (Lipinski definition) is 4. The Balaban J connectivity index is 0.000000413. The summed E-state index contributed by atoms with van der Waals surface area (Å²) in [4.78, 5) is 23.6. The summed E-state index contributed by atoms with van der Waals surface area (Å²) in [5.41, 5.74) is 7.68. The number of H-pyrrole nitrogens is 1. The number of aromatic amines is 1. The lowest BCUT2D eigenvalue weighted by atomic mass is 10.1. The van der Waals surface area contributed by atoms with E-state index >= 15 is 0 Å². The number of aromatic nitrogens is 1. The Morgan fingerprint density at radius 3 is 2.16 bits per heavy atom. The summed E-state index contributed by atoms with van der Waals surface area (Å²) in [6, 6.07) is 5.30. The van der Waals surface area contributed by atoms with Gasteiger partial charge in [0.1, 0.15) is 5.75 Å². The molecule has 0 spiro atoms. The van der Waals surface area contributed by atoms with Gasteiger partial charge in [0.05, 0.1) is 0 Å². The molecule has 1 amide bonds. The van der Waals surface area contributed by atoms with Crippen molar-refractivity contribution in [3.05, 3.63) is 30.0 Å². The molecule has 0 atom stereocenters. The molecule has 1 heterocycles. The summed E-state index contributed by atoms with van der Waals surface area (Å²) in [5.74, 6) is -0.537. The van der Waals surface area contributed by atoms with Crippen LogP contribution in [0.1, 0.15) is 26.3 Å². The van der Waals surface area contributed by atoms with Gasteiger partial charge in [-0.15, -0.1) is 0 Å². The van der Waals surface area contributed by atoms with Gasteiger partial charge in [-0.3, -0.25) is 4.79 Å². The Morgan fingerprint density at radius 1 is 1.20 bits per heavy atom. The molecule has 0 aliphatic carbocycles. The lowest BCUT2D eigenvalue weighted by Gasteiger charge is -2.12. The van der Waals surface area contributed by atoms with Crippen LogP contribution in [0.15, 0.2) is 24.4 Å². The van der Waals surface area contributed by atoms with E-state index in [2.05, 4.69) is 4.98 Å². The van der Waals surface area contributed by atoms with Crippen LogP contribution in [0, 0.1) is 0 Å².